The highest BCUT2D eigenvalue weighted by Crippen LogP contribution is 2.29. The van der Waals surface area contributed by atoms with Gasteiger partial charge in [0.25, 0.3) is 0 Å². The molecule has 0 saturated carbocycles. The molecule has 0 atom stereocenters. The SMILES string of the molecule is C=CC[Si](C)(C)C(=C)[Si](C)(C)CC=C. The van der Waals surface area contributed by atoms with Crippen molar-refractivity contribution in [2.75, 3.05) is 0 Å². The fourth-order valence-corrected chi connectivity index (χ4v) is 11.8. The van der Waals surface area contributed by atoms with E-state index < -0.39 is 16.1 Å². The second-order valence-electron chi connectivity index (χ2n) is 5.23. The van der Waals surface area contributed by atoms with Gasteiger partial charge in [0.1, 0.15) is 0 Å². The van der Waals surface area contributed by atoms with Gasteiger partial charge in [-0.3, -0.25) is 0 Å². The summed E-state index contributed by atoms with van der Waals surface area (Å²) in [6.45, 7) is 21.6. The zero-order chi connectivity index (χ0) is 11.4. The Morgan fingerprint density at radius 1 is 0.929 bits per heavy atom. The zero-order valence-corrected chi connectivity index (χ0v) is 12.2. The second-order valence-corrected chi connectivity index (χ2v) is 15.3. The van der Waals surface area contributed by atoms with Crippen LogP contribution in [-0.2, 0) is 0 Å². The Hall–Kier alpha value is -0.346. The van der Waals surface area contributed by atoms with E-state index in [1.54, 1.807) is 4.82 Å². The highest BCUT2D eigenvalue weighted by molar-refractivity contribution is 7.05. The Morgan fingerprint density at radius 2 is 1.21 bits per heavy atom. The standard InChI is InChI=1S/C12H24Si2/c1-8-10-13(4,5)12(3)14(6,7)11-9-2/h8-9H,1-3,10-11H2,4-7H3. The highest BCUT2D eigenvalue weighted by atomic mass is 28.4. The van der Waals surface area contributed by atoms with E-state index in [0.717, 1.165) is 12.1 Å². The lowest BCUT2D eigenvalue weighted by Crippen LogP contribution is -2.42. The van der Waals surface area contributed by atoms with Gasteiger partial charge in [0.15, 0.2) is 0 Å². The van der Waals surface area contributed by atoms with E-state index in [9.17, 15) is 0 Å². The Balaban J connectivity index is 4.74. The summed E-state index contributed by atoms with van der Waals surface area (Å²) in [5, 5.41) is 0. The van der Waals surface area contributed by atoms with Crippen LogP contribution in [0.1, 0.15) is 0 Å². The molecule has 0 N–H and O–H groups in total. The summed E-state index contributed by atoms with van der Waals surface area (Å²) in [5.41, 5.74) is 0. The molecule has 14 heavy (non-hydrogen) atoms. The molecule has 0 aromatic rings. The molecule has 0 rings (SSSR count). The van der Waals surface area contributed by atoms with Gasteiger partial charge >= 0.3 is 0 Å². The molecule has 0 aliphatic heterocycles. The lowest BCUT2D eigenvalue weighted by molar-refractivity contribution is 1.48. The molecule has 0 aromatic carbocycles. The van der Waals surface area contributed by atoms with Crippen molar-refractivity contribution in [1.82, 2.24) is 0 Å². The van der Waals surface area contributed by atoms with Crippen molar-refractivity contribution in [1.29, 1.82) is 0 Å². The molecular weight excluding hydrogens is 200 g/mol. The van der Waals surface area contributed by atoms with Gasteiger partial charge in [0.05, 0.1) is 16.1 Å². The van der Waals surface area contributed by atoms with Gasteiger partial charge in [-0.25, -0.2) is 0 Å². The van der Waals surface area contributed by atoms with Crippen molar-refractivity contribution in [3.05, 3.63) is 36.7 Å². The summed E-state index contributed by atoms with van der Waals surface area (Å²) in [6.07, 6.45) is 4.10. The lowest BCUT2D eigenvalue weighted by atomic mass is 10.8. The van der Waals surface area contributed by atoms with Crippen LogP contribution in [0.3, 0.4) is 0 Å². The molecule has 80 valence electrons. The molecule has 0 heterocycles. The lowest BCUT2D eigenvalue weighted by Gasteiger charge is -2.34. The van der Waals surface area contributed by atoms with Crippen molar-refractivity contribution in [2.45, 2.75) is 38.3 Å². The average Bonchev–Trinajstić information content (AvgIpc) is 2.02. The van der Waals surface area contributed by atoms with Crippen LogP contribution in [-0.4, -0.2) is 16.1 Å². The first kappa shape index (κ1) is 13.7. The third-order valence-electron chi connectivity index (χ3n) is 2.94. The summed E-state index contributed by atoms with van der Waals surface area (Å²) in [7, 11) is -2.56. The van der Waals surface area contributed by atoms with Crippen molar-refractivity contribution in [3.8, 4) is 0 Å². The zero-order valence-electron chi connectivity index (χ0n) is 10.2. The highest BCUT2D eigenvalue weighted by Gasteiger charge is 2.34. The van der Waals surface area contributed by atoms with Crippen molar-refractivity contribution in [2.24, 2.45) is 0 Å². The first-order valence-corrected chi connectivity index (χ1v) is 11.6. The predicted octanol–water partition coefficient (Wildman–Crippen LogP) is 4.41. The number of hydrogen-bond donors (Lipinski definition) is 0. The molecule has 0 spiro atoms. The molecule has 0 amide bonds. The summed E-state index contributed by atoms with van der Waals surface area (Å²) in [6, 6.07) is 2.30. The maximum absolute atomic E-state index is 4.36. The van der Waals surface area contributed by atoms with Crippen molar-refractivity contribution < 1.29 is 0 Å². The minimum atomic E-state index is -1.28. The quantitative estimate of drug-likeness (QED) is 0.463. The molecule has 0 aromatic heterocycles. The van der Waals surface area contributed by atoms with Gasteiger partial charge < -0.3 is 0 Å². The molecule has 0 unspecified atom stereocenters. The van der Waals surface area contributed by atoms with Crippen LogP contribution in [0.25, 0.3) is 0 Å². The van der Waals surface area contributed by atoms with Crippen LogP contribution in [0.5, 0.6) is 0 Å². The van der Waals surface area contributed by atoms with E-state index in [0.29, 0.717) is 0 Å². The van der Waals surface area contributed by atoms with Gasteiger partial charge in [-0.2, -0.15) is 0 Å². The van der Waals surface area contributed by atoms with E-state index in [4.69, 9.17) is 0 Å². The molecule has 0 bridgehead atoms. The number of allylic oxidation sites excluding steroid dienone is 2. The summed E-state index contributed by atoms with van der Waals surface area (Å²) in [4.78, 5) is 1.56. The Kier molecular flexibility index (Phi) is 4.82. The molecular formula is C12H24Si2. The van der Waals surface area contributed by atoms with E-state index in [1.807, 2.05) is 0 Å². The van der Waals surface area contributed by atoms with Gasteiger partial charge in [-0.1, -0.05) is 43.2 Å². The topological polar surface area (TPSA) is 0 Å². The van der Waals surface area contributed by atoms with E-state index in [2.05, 4.69) is 58.1 Å². The molecule has 0 saturated heterocycles. The second kappa shape index (κ2) is 4.94. The summed E-state index contributed by atoms with van der Waals surface area (Å²) >= 11 is 0. The third-order valence-corrected chi connectivity index (χ3v) is 12.9. The van der Waals surface area contributed by atoms with Crippen molar-refractivity contribution in [3.63, 3.8) is 0 Å². The van der Waals surface area contributed by atoms with Gasteiger partial charge in [0.2, 0.25) is 0 Å². The molecule has 0 nitrogen and oxygen atoms in total. The average molecular weight is 224 g/mol. The summed E-state index contributed by atoms with van der Waals surface area (Å²) in [5.74, 6) is 0. The van der Waals surface area contributed by atoms with Crippen LogP contribution in [0.2, 0.25) is 38.3 Å². The Bertz CT molecular complexity index is 213. The van der Waals surface area contributed by atoms with Gasteiger partial charge in [-0.15, -0.1) is 19.7 Å². The maximum Gasteiger partial charge on any atom is 0.0741 e. The normalized spacial score (nSPS) is 12.3. The first-order valence-electron chi connectivity index (χ1n) is 5.19. The van der Waals surface area contributed by atoms with Crippen LogP contribution >= 0.6 is 0 Å². The molecule has 0 aliphatic rings. The van der Waals surface area contributed by atoms with Crippen LogP contribution in [0.4, 0.5) is 0 Å². The van der Waals surface area contributed by atoms with E-state index >= 15 is 0 Å². The molecule has 2 heteroatoms. The third kappa shape index (κ3) is 3.42. The smallest absolute Gasteiger partial charge is 0.0741 e. The van der Waals surface area contributed by atoms with E-state index in [1.165, 1.54) is 0 Å². The van der Waals surface area contributed by atoms with Crippen LogP contribution in [0, 0.1) is 0 Å². The number of rotatable bonds is 6. The van der Waals surface area contributed by atoms with Crippen LogP contribution < -0.4 is 0 Å². The Labute approximate surface area is 91.4 Å². The fraction of sp³-hybridized carbons (Fsp3) is 0.500. The Morgan fingerprint density at radius 3 is 1.43 bits per heavy atom. The minimum absolute atomic E-state index is 1.15. The van der Waals surface area contributed by atoms with Crippen molar-refractivity contribution >= 4 is 16.1 Å². The van der Waals surface area contributed by atoms with Crippen LogP contribution in [0.15, 0.2) is 36.7 Å². The predicted molar refractivity (Wildman–Crippen MR) is 74.1 cm³/mol. The molecule has 0 fully saturated rings. The summed E-state index contributed by atoms with van der Waals surface area (Å²) < 4.78 is 0. The number of hydrogen-bond acceptors (Lipinski definition) is 0. The monoisotopic (exact) mass is 224 g/mol. The van der Waals surface area contributed by atoms with Gasteiger partial charge in [0, 0.05) is 0 Å². The first-order chi connectivity index (χ1) is 6.28. The maximum atomic E-state index is 4.36. The molecule has 0 radical (unpaired) electrons. The fourth-order valence-electron chi connectivity index (χ4n) is 1.88. The largest absolute Gasteiger partial charge is 0.107 e. The minimum Gasteiger partial charge on any atom is -0.107 e. The van der Waals surface area contributed by atoms with Gasteiger partial charge in [-0.05, 0) is 12.1 Å². The van der Waals surface area contributed by atoms with E-state index in [-0.39, 0.29) is 0 Å². The molecule has 0 aliphatic carbocycles.